The monoisotopic (exact) mass is 191 g/mol. The minimum Gasteiger partial charge on any atom is -0.335 e. The van der Waals surface area contributed by atoms with Gasteiger partial charge in [0.2, 0.25) is 6.43 Å². The van der Waals surface area contributed by atoms with Crippen molar-refractivity contribution in [2.75, 3.05) is 5.32 Å². The van der Waals surface area contributed by atoms with Crippen LogP contribution in [0.5, 0.6) is 0 Å². The summed E-state index contributed by atoms with van der Waals surface area (Å²) in [5, 5.41) is 6.19. The second-order valence-corrected chi connectivity index (χ2v) is 2.82. The first-order chi connectivity index (χ1) is 6.08. The molecule has 4 nitrogen and oxygen atoms in total. The molecule has 6 heteroatoms. The van der Waals surface area contributed by atoms with Crippen molar-refractivity contribution in [1.82, 2.24) is 10.1 Å². The summed E-state index contributed by atoms with van der Waals surface area (Å²) in [5.74, 6) is 0.478. The van der Waals surface area contributed by atoms with Crippen molar-refractivity contribution in [3.05, 3.63) is 5.82 Å². The van der Waals surface area contributed by atoms with Gasteiger partial charge < -0.3 is 9.84 Å². The van der Waals surface area contributed by atoms with Crippen LogP contribution in [0.25, 0.3) is 0 Å². The van der Waals surface area contributed by atoms with E-state index in [4.69, 9.17) is 4.52 Å². The molecule has 1 atom stereocenters. The Morgan fingerprint density at radius 3 is 2.69 bits per heavy atom. The molecular formula is C7H11F2N3O. The first-order valence-electron chi connectivity index (χ1n) is 3.93. The summed E-state index contributed by atoms with van der Waals surface area (Å²) >= 11 is 0. The number of hydrogen-bond donors (Lipinski definition) is 1. The number of rotatable bonds is 4. The maximum absolute atomic E-state index is 11.9. The predicted octanol–water partition coefficient (Wildman–Crippen LogP) is 1.83. The second-order valence-electron chi connectivity index (χ2n) is 2.82. The van der Waals surface area contributed by atoms with Crippen molar-refractivity contribution in [2.45, 2.75) is 32.7 Å². The van der Waals surface area contributed by atoms with Gasteiger partial charge in [0.25, 0.3) is 0 Å². The Labute approximate surface area is 74.3 Å². The Kier molecular flexibility index (Phi) is 3.16. The normalized spacial score (nSPS) is 13.3. The smallest absolute Gasteiger partial charge is 0.321 e. The lowest BCUT2D eigenvalue weighted by atomic mass is 10.2. The molecule has 1 aromatic heterocycles. The van der Waals surface area contributed by atoms with Crippen molar-refractivity contribution in [1.29, 1.82) is 0 Å². The molecule has 0 aliphatic heterocycles. The molecule has 1 aromatic rings. The minimum absolute atomic E-state index is 0.186. The molecule has 1 N–H and O–H groups in total. The number of alkyl halides is 2. The average molecular weight is 191 g/mol. The van der Waals surface area contributed by atoms with Gasteiger partial charge in [-0.15, -0.1) is 0 Å². The van der Waals surface area contributed by atoms with Crippen molar-refractivity contribution < 1.29 is 13.3 Å². The summed E-state index contributed by atoms with van der Waals surface area (Å²) in [4.78, 5) is 3.82. The van der Waals surface area contributed by atoms with E-state index < -0.39 is 6.43 Å². The van der Waals surface area contributed by atoms with Crippen molar-refractivity contribution >= 4 is 6.01 Å². The van der Waals surface area contributed by atoms with E-state index in [0.717, 1.165) is 0 Å². The van der Waals surface area contributed by atoms with E-state index in [1.54, 1.807) is 13.8 Å². The van der Waals surface area contributed by atoms with Gasteiger partial charge in [-0.05, 0) is 13.8 Å². The molecule has 0 saturated heterocycles. The lowest BCUT2D eigenvalue weighted by Crippen LogP contribution is -2.18. The fourth-order valence-corrected chi connectivity index (χ4v) is 0.893. The molecule has 0 amide bonds. The highest BCUT2D eigenvalue weighted by atomic mass is 19.3. The lowest BCUT2D eigenvalue weighted by Gasteiger charge is -2.09. The Morgan fingerprint density at radius 1 is 1.54 bits per heavy atom. The molecule has 0 spiro atoms. The fraction of sp³-hybridized carbons (Fsp3) is 0.714. The Balaban J connectivity index is 2.40. The third-order valence-electron chi connectivity index (χ3n) is 1.43. The van der Waals surface area contributed by atoms with Gasteiger partial charge in [0.05, 0.1) is 0 Å². The number of halogens is 2. The van der Waals surface area contributed by atoms with E-state index in [1.807, 2.05) is 0 Å². The van der Waals surface area contributed by atoms with E-state index >= 15 is 0 Å². The highest BCUT2D eigenvalue weighted by Gasteiger charge is 2.12. The quantitative estimate of drug-likeness (QED) is 0.788. The molecule has 0 bridgehead atoms. The van der Waals surface area contributed by atoms with Crippen LogP contribution in [-0.2, 0) is 0 Å². The molecule has 0 saturated carbocycles. The number of aromatic nitrogens is 2. The topological polar surface area (TPSA) is 51.0 Å². The zero-order valence-electron chi connectivity index (χ0n) is 7.42. The van der Waals surface area contributed by atoms with Crippen LogP contribution < -0.4 is 5.32 Å². The second kappa shape index (κ2) is 4.15. The van der Waals surface area contributed by atoms with Crippen molar-refractivity contribution in [3.8, 4) is 0 Å². The molecule has 0 aliphatic carbocycles. The third-order valence-corrected chi connectivity index (χ3v) is 1.43. The summed E-state index contributed by atoms with van der Waals surface area (Å²) in [6, 6.07) is -0.189. The van der Waals surface area contributed by atoms with E-state index in [0.29, 0.717) is 5.82 Å². The highest BCUT2D eigenvalue weighted by molar-refractivity contribution is 5.19. The van der Waals surface area contributed by atoms with Gasteiger partial charge >= 0.3 is 6.01 Å². The molecule has 1 heterocycles. The molecule has 0 radical (unpaired) electrons. The Hall–Kier alpha value is -1.20. The van der Waals surface area contributed by atoms with Crippen LogP contribution in [0.3, 0.4) is 0 Å². The largest absolute Gasteiger partial charge is 0.335 e. The van der Waals surface area contributed by atoms with Crippen LogP contribution in [0.1, 0.15) is 19.2 Å². The zero-order chi connectivity index (χ0) is 9.84. The predicted molar refractivity (Wildman–Crippen MR) is 42.7 cm³/mol. The van der Waals surface area contributed by atoms with Crippen LogP contribution in [0.4, 0.5) is 14.8 Å². The van der Waals surface area contributed by atoms with Gasteiger partial charge in [-0.3, -0.25) is 0 Å². The van der Waals surface area contributed by atoms with Crippen LogP contribution in [0, 0.1) is 6.92 Å². The van der Waals surface area contributed by atoms with Crippen LogP contribution >= 0.6 is 0 Å². The molecule has 13 heavy (non-hydrogen) atoms. The van der Waals surface area contributed by atoms with Gasteiger partial charge in [0, 0.05) is 12.5 Å². The summed E-state index contributed by atoms with van der Waals surface area (Å²) in [6.07, 6.45) is -2.56. The lowest BCUT2D eigenvalue weighted by molar-refractivity contribution is 0.132. The number of hydrogen-bond acceptors (Lipinski definition) is 4. The minimum atomic E-state index is -2.33. The van der Waals surface area contributed by atoms with Crippen molar-refractivity contribution in [2.24, 2.45) is 0 Å². The van der Waals surface area contributed by atoms with Crippen molar-refractivity contribution in [3.63, 3.8) is 0 Å². The fourth-order valence-electron chi connectivity index (χ4n) is 0.893. The summed E-state index contributed by atoms with van der Waals surface area (Å²) in [6.45, 7) is 3.29. The van der Waals surface area contributed by atoms with E-state index in [1.165, 1.54) is 0 Å². The van der Waals surface area contributed by atoms with E-state index in [9.17, 15) is 8.78 Å². The SMILES string of the molecule is Cc1noc(NC(C)CC(F)F)n1. The van der Waals surface area contributed by atoms with Gasteiger partial charge in [-0.25, -0.2) is 8.78 Å². The summed E-state index contributed by atoms with van der Waals surface area (Å²) in [7, 11) is 0. The molecule has 1 unspecified atom stereocenters. The number of anilines is 1. The van der Waals surface area contributed by atoms with Gasteiger partial charge in [-0.1, -0.05) is 5.16 Å². The summed E-state index contributed by atoms with van der Waals surface area (Å²) < 4.78 is 28.5. The average Bonchev–Trinajstić information content (AvgIpc) is 2.33. The Bertz CT molecular complexity index is 264. The molecule has 0 aliphatic rings. The maximum Gasteiger partial charge on any atom is 0.321 e. The van der Waals surface area contributed by atoms with Gasteiger partial charge in [0.15, 0.2) is 5.82 Å². The standard InChI is InChI=1S/C7H11F2N3O/c1-4(3-6(8)9)10-7-11-5(2)12-13-7/h4,6H,3H2,1-2H3,(H,10,11,12). The van der Waals surface area contributed by atoms with Gasteiger partial charge in [-0.2, -0.15) is 4.98 Å². The van der Waals surface area contributed by atoms with Crippen LogP contribution in [0.15, 0.2) is 4.52 Å². The number of nitrogens with one attached hydrogen (secondary N) is 1. The van der Waals surface area contributed by atoms with Crippen LogP contribution in [-0.4, -0.2) is 22.6 Å². The number of nitrogens with zero attached hydrogens (tertiary/aromatic N) is 2. The zero-order valence-corrected chi connectivity index (χ0v) is 7.42. The molecule has 0 fully saturated rings. The van der Waals surface area contributed by atoms with Gasteiger partial charge in [0.1, 0.15) is 0 Å². The Morgan fingerprint density at radius 2 is 2.23 bits per heavy atom. The first kappa shape index (κ1) is 9.88. The van der Waals surface area contributed by atoms with Crippen LogP contribution in [0.2, 0.25) is 0 Å². The molecule has 74 valence electrons. The van der Waals surface area contributed by atoms with E-state index in [-0.39, 0.29) is 18.5 Å². The molecule has 0 aromatic carbocycles. The molecule has 1 rings (SSSR count). The highest BCUT2D eigenvalue weighted by Crippen LogP contribution is 2.09. The summed E-state index contributed by atoms with van der Waals surface area (Å²) in [5.41, 5.74) is 0. The van der Waals surface area contributed by atoms with E-state index in [2.05, 4.69) is 15.5 Å². The first-order valence-corrected chi connectivity index (χ1v) is 3.93. The number of aryl methyl sites for hydroxylation is 1. The maximum atomic E-state index is 11.9. The molecular weight excluding hydrogens is 180 g/mol. The third kappa shape index (κ3) is 3.35.